The van der Waals surface area contributed by atoms with Gasteiger partial charge in [-0.1, -0.05) is 0 Å². The standard InChI is InChI=1S/C16H10F3N5O2/c1-9-6-13-12(7-20-15-21-8-22-24(13)15)14(25)23(9)10-2-4-11(5-3-10)26-16(17,18)19/h2-8H,1H3. The normalized spacial score (nSPS) is 12.0. The summed E-state index contributed by atoms with van der Waals surface area (Å²) in [5.74, 6) is 0.00133. The molecule has 26 heavy (non-hydrogen) atoms. The summed E-state index contributed by atoms with van der Waals surface area (Å²) < 4.78 is 43.5. The predicted molar refractivity (Wildman–Crippen MR) is 85.3 cm³/mol. The fourth-order valence-corrected chi connectivity index (χ4v) is 2.76. The van der Waals surface area contributed by atoms with Crippen molar-refractivity contribution >= 4 is 16.7 Å². The Morgan fingerprint density at radius 1 is 1.12 bits per heavy atom. The molecule has 3 aromatic heterocycles. The van der Waals surface area contributed by atoms with E-state index in [1.807, 2.05) is 0 Å². The van der Waals surface area contributed by atoms with Gasteiger partial charge < -0.3 is 4.74 Å². The molecule has 0 aliphatic heterocycles. The van der Waals surface area contributed by atoms with E-state index in [4.69, 9.17) is 0 Å². The highest BCUT2D eigenvalue weighted by molar-refractivity contribution is 5.79. The molecular formula is C16H10F3N5O2. The molecule has 7 nitrogen and oxygen atoms in total. The number of benzene rings is 1. The van der Waals surface area contributed by atoms with Crippen molar-refractivity contribution in [3.8, 4) is 11.4 Å². The van der Waals surface area contributed by atoms with Crippen molar-refractivity contribution in [2.75, 3.05) is 0 Å². The fourth-order valence-electron chi connectivity index (χ4n) is 2.76. The molecule has 132 valence electrons. The van der Waals surface area contributed by atoms with Crippen LogP contribution in [0.3, 0.4) is 0 Å². The summed E-state index contributed by atoms with van der Waals surface area (Å²) in [7, 11) is 0. The third kappa shape index (κ3) is 2.65. The Labute approximate surface area is 143 Å². The summed E-state index contributed by atoms with van der Waals surface area (Å²) in [6, 6.07) is 6.79. The van der Waals surface area contributed by atoms with Gasteiger partial charge in [0.25, 0.3) is 11.3 Å². The Kier molecular flexibility index (Phi) is 3.43. The van der Waals surface area contributed by atoms with Crippen LogP contribution in [-0.4, -0.2) is 30.5 Å². The number of hydrogen-bond donors (Lipinski definition) is 0. The first-order chi connectivity index (χ1) is 12.3. The molecule has 3 heterocycles. The Balaban J connectivity index is 1.86. The van der Waals surface area contributed by atoms with Crippen molar-refractivity contribution in [3.63, 3.8) is 0 Å². The summed E-state index contributed by atoms with van der Waals surface area (Å²) in [5.41, 5.74) is 1.16. The van der Waals surface area contributed by atoms with Crippen molar-refractivity contribution in [2.45, 2.75) is 13.3 Å². The van der Waals surface area contributed by atoms with Crippen molar-refractivity contribution in [2.24, 2.45) is 0 Å². The third-order valence-corrected chi connectivity index (χ3v) is 3.80. The zero-order valence-corrected chi connectivity index (χ0v) is 13.2. The smallest absolute Gasteiger partial charge is 0.406 e. The first-order valence-electron chi connectivity index (χ1n) is 7.41. The van der Waals surface area contributed by atoms with E-state index in [0.717, 1.165) is 12.1 Å². The number of aryl methyl sites for hydroxylation is 1. The Hall–Kier alpha value is -3.43. The minimum absolute atomic E-state index is 0.309. The third-order valence-electron chi connectivity index (χ3n) is 3.80. The average Bonchev–Trinajstić information content (AvgIpc) is 3.04. The van der Waals surface area contributed by atoms with Gasteiger partial charge in [0.1, 0.15) is 12.1 Å². The van der Waals surface area contributed by atoms with Crippen molar-refractivity contribution in [1.29, 1.82) is 0 Å². The van der Waals surface area contributed by atoms with Crippen LogP contribution in [-0.2, 0) is 0 Å². The van der Waals surface area contributed by atoms with Gasteiger partial charge in [-0.15, -0.1) is 13.2 Å². The van der Waals surface area contributed by atoms with Crippen LogP contribution in [0.4, 0.5) is 13.2 Å². The molecule has 0 aliphatic carbocycles. The van der Waals surface area contributed by atoms with E-state index in [-0.39, 0.29) is 11.3 Å². The lowest BCUT2D eigenvalue weighted by Gasteiger charge is -2.13. The second kappa shape index (κ2) is 5.55. The highest BCUT2D eigenvalue weighted by Crippen LogP contribution is 2.24. The quantitative estimate of drug-likeness (QED) is 0.549. The van der Waals surface area contributed by atoms with E-state index in [1.165, 1.54) is 33.7 Å². The van der Waals surface area contributed by atoms with Gasteiger partial charge in [-0.05, 0) is 37.3 Å². The molecule has 1 aromatic carbocycles. The van der Waals surface area contributed by atoms with Gasteiger partial charge in [-0.3, -0.25) is 9.36 Å². The molecule has 4 aromatic rings. The minimum Gasteiger partial charge on any atom is -0.406 e. The summed E-state index contributed by atoms with van der Waals surface area (Å²) in [6.45, 7) is 1.71. The summed E-state index contributed by atoms with van der Waals surface area (Å²) in [4.78, 5) is 20.9. The summed E-state index contributed by atoms with van der Waals surface area (Å²) in [6.07, 6.45) is -2.03. The first kappa shape index (κ1) is 16.1. The highest BCUT2D eigenvalue weighted by Gasteiger charge is 2.31. The van der Waals surface area contributed by atoms with E-state index >= 15 is 0 Å². The summed E-state index contributed by atoms with van der Waals surface area (Å²) in [5, 5.41) is 4.36. The van der Waals surface area contributed by atoms with Crippen LogP contribution < -0.4 is 10.3 Å². The molecule has 0 radical (unpaired) electrons. The second-order valence-electron chi connectivity index (χ2n) is 5.50. The molecule has 0 saturated carbocycles. The number of alkyl halides is 3. The predicted octanol–water partition coefficient (Wildman–Crippen LogP) is 2.64. The maximum Gasteiger partial charge on any atom is 0.573 e. The van der Waals surface area contributed by atoms with Gasteiger partial charge in [0.15, 0.2) is 0 Å². The molecule has 0 amide bonds. The number of rotatable bonds is 2. The lowest BCUT2D eigenvalue weighted by atomic mass is 10.2. The van der Waals surface area contributed by atoms with Gasteiger partial charge in [0.05, 0.1) is 10.9 Å². The Morgan fingerprint density at radius 2 is 1.85 bits per heavy atom. The minimum atomic E-state index is -4.77. The number of fused-ring (bicyclic) bond motifs is 3. The molecule has 0 fully saturated rings. The fraction of sp³-hybridized carbons (Fsp3) is 0.125. The topological polar surface area (TPSA) is 74.3 Å². The van der Waals surface area contributed by atoms with E-state index < -0.39 is 6.36 Å². The van der Waals surface area contributed by atoms with Gasteiger partial charge in [0, 0.05) is 17.6 Å². The second-order valence-corrected chi connectivity index (χ2v) is 5.50. The number of nitrogens with zero attached hydrogens (tertiary/aromatic N) is 5. The van der Waals surface area contributed by atoms with Crippen LogP contribution in [0.2, 0.25) is 0 Å². The molecule has 0 unspecified atom stereocenters. The monoisotopic (exact) mass is 361 g/mol. The molecule has 0 N–H and O–H groups in total. The molecule has 0 spiro atoms. The van der Waals surface area contributed by atoms with Crippen molar-refractivity contribution in [1.82, 2.24) is 24.1 Å². The Morgan fingerprint density at radius 3 is 2.54 bits per heavy atom. The number of halogens is 3. The molecular weight excluding hydrogens is 351 g/mol. The zero-order chi connectivity index (χ0) is 18.5. The van der Waals surface area contributed by atoms with E-state index in [9.17, 15) is 18.0 Å². The van der Waals surface area contributed by atoms with Gasteiger partial charge in [-0.25, -0.2) is 4.98 Å². The van der Waals surface area contributed by atoms with Crippen molar-refractivity contribution in [3.05, 3.63) is 58.9 Å². The lowest BCUT2D eigenvalue weighted by Crippen LogP contribution is -2.22. The average molecular weight is 361 g/mol. The van der Waals surface area contributed by atoms with Gasteiger partial charge in [-0.2, -0.15) is 14.6 Å². The Bertz CT molecular complexity index is 1180. The molecule has 0 saturated heterocycles. The number of ether oxygens (including phenoxy) is 1. The van der Waals surface area contributed by atoms with Crippen LogP contribution in [0.5, 0.6) is 5.75 Å². The molecule has 10 heteroatoms. The maximum absolute atomic E-state index is 12.9. The lowest BCUT2D eigenvalue weighted by molar-refractivity contribution is -0.274. The molecule has 0 bridgehead atoms. The number of pyridine rings is 1. The van der Waals surface area contributed by atoms with Gasteiger partial charge in [0.2, 0.25) is 0 Å². The van der Waals surface area contributed by atoms with Crippen LogP contribution >= 0.6 is 0 Å². The van der Waals surface area contributed by atoms with Crippen LogP contribution in [0, 0.1) is 6.92 Å². The molecule has 0 aliphatic rings. The SMILES string of the molecule is Cc1cc2c(cnc3ncnn32)c(=O)n1-c1ccc(OC(F)(F)F)cc1. The van der Waals surface area contributed by atoms with Gasteiger partial charge >= 0.3 is 6.36 Å². The van der Waals surface area contributed by atoms with E-state index in [1.54, 1.807) is 13.0 Å². The first-order valence-corrected chi connectivity index (χ1v) is 7.41. The molecule has 0 atom stereocenters. The van der Waals surface area contributed by atoms with Crippen LogP contribution in [0.1, 0.15) is 5.69 Å². The maximum atomic E-state index is 12.9. The van der Waals surface area contributed by atoms with E-state index in [2.05, 4.69) is 19.8 Å². The largest absolute Gasteiger partial charge is 0.573 e. The van der Waals surface area contributed by atoms with Crippen LogP contribution in [0.15, 0.2) is 47.7 Å². The number of aromatic nitrogens is 5. The van der Waals surface area contributed by atoms with Crippen molar-refractivity contribution < 1.29 is 17.9 Å². The van der Waals surface area contributed by atoms with Crippen LogP contribution in [0.25, 0.3) is 22.4 Å². The summed E-state index contributed by atoms with van der Waals surface area (Å²) >= 11 is 0. The highest BCUT2D eigenvalue weighted by atomic mass is 19.4. The zero-order valence-electron chi connectivity index (χ0n) is 13.2. The molecule has 4 rings (SSSR count). The van der Waals surface area contributed by atoms with E-state index in [0.29, 0.717) is 28.1 Å². The number of hydrogen-bond acceptors (Lipinski definition) is 5.